The van der Waals surface area contributed by atoms with E-state index in [1.54, 1.807) is 0 Å². The van der Waals surface area contributed by atoms with Gasteiger partial charge >= 0.3 is 0 Å². The predicted octanol–water partition coefficient (Wildman–Crippen LogP) is 2.33. The Bertz CT molecular complexity index is 613. The largest absolute Gasteiger partial charge is 0.294 e. The van der Waals surface area contributed by atoms with Gasteiger partial charge < -0.3 is 0 Å². The van der Waals surface area contributed by atoms with Crippen molar-refractivity contribution in [3.8, 4) is 0 Å². The highest BCUT2D eigenvalue weighted by molar-refractivity contribution is 9.10. The van der Waals surface area contributed by atoms with Crippen molar-refractivity contribution in [1.82, 2.24) is 9.55 Å². The van der Waals surface area contributed by atoms with E-state index in [9.17, 15) is 13.6 Å². The molecule has 1 aromatic carbocycles. The van der Waals surface area contributed by atoms with Crippen molar-refractivity contribution in [2.45, 2.75) is 6.54 Å². The van der Waals surface area contributed by atoms with Crippen LogP contribution in [0.5, 0.6) is 0 Å². The van der Waals surface area contributed by atoms with Crippen molar-refractivity contribution in [1.29, 1.82) is 0 Å². The Morgan fingerprint density at radius 1 is 1.35 bits per heavy atom. The van der Waals surface area contributed by atoms with E-state index in [4.69, 9.17) is 0 Å². The standard InChI is InChI=1S/C11H7BrF2N2O/c12-8-4-15-6-16(11(8)17)5-7-2-1-3-9(13)10(7)14/h1-4,6H,5H2. The first-order chi connectivity index (χ1) is 8.09. The van der Waals surface area contributed by atoms with Crippen molar-refractivity contribution in [3.05, 3.63) is 62.7 Å². The molecule has 0 N–H and O–H groups in total. The zero-order valence-corrected chi connectivity index (χ0v) is 10.1. The van der Waals surface area contributed by atoms with Crippen LogP contribution < -0.4 is 5.56 Å². The van der Waals surface area contributed by atoms with E-state index in [1.165, 1.54) is 29.2 Å². The van der Waals surface area contributed by atoms with Crippen LogP contribution in [0, 0.1) is 11.6 Å². The molecule has 0 aliphatic heterocycles. The summed E-state index contributed by atoms with van der Waals surface area (Å²) in [5, 5.41) is 0. The third-order valence-corrected chi connectivity index (χ3v) is 2.78. The molecule has 0 aliphatic rings. The van der Waals surface area contributed by atoms with Crippen LogP contribution >= 0.6 is 15.9 Å². The van der Waals surface area contributed by atoms with Gasteiger partial charge in [-0.25, -0.2) is 13.8 Å². The van der Waals surface area contributed by atoms with Gasteiger partial charge in [-0.05, 0) is 22.0 Å². The molecule has 3 nitrogen and oxygen atoms in total. The second kappa shape index (κ2) is 4.75. The fourth-order valence-electron chi connectivity index (χ4n) is 1.39. The molecule has 0 amide bonds. The van der Waals surface area contributed by atoms with Gasteiger partial charge in [0.2, 0.25) is 0 Å². The maximum absolute atomic E-state index is 13.4. The molecule has 0 unspecified atom stereocenters. The molecule has 88 valence electrons. The molecule has 0 atom stereocenters. The summed E-state index contributed by atoms with van der Waals surface area (Å²) in [5.41, 5.74) is -0.240. The van der Waals surface area contributed by atoms with Gasteiger partial charge in [0.1, 0.15) is 4.47 Å². The summed E-state index contributed by atoms with van der Waals surface area (Å²) in [4.78, 5) is 15.4. The minimum Gasteiger partial charge on any atom is -0.294 e. The molecule has 0 spiro atoms. The van der Waals surface area contributed by atoms with Crippen molar-refractivity contribution in [2.75, 3.05) is 0 Å². The Kier molecular flexibility index (Phi) is 3.33. The summed E-state index contributed by atoms with van der Waals surface area (Å²) in [6.45, 7) is -0.0606. The minimum absolute atomic E-state index is 0.0606. The molecule has 2 rings (SSSR count). The fraction of sp³-hybridized carbons (Fsp3) is 0.0909. The van der Waals surface area contributed by atoms with Crippen LogP contribution in [0.3, 0.4) is 0 Å². The Morgan fingerprint density at radius 3 is 2.88 bits per heavy atom. The van der Waals surface area contributed by atoms with Crippen LogP contribution in [0.25, 0.3) is 0 Å². The van der Waals surface area contributed by atoms with Gasteiger partial charge in [0, 0.05) is 11.8 Å². The highest BCUT2D eigenvalue weighted by atomic mass is 79.9. The lowest BCUT2D eigenvalue weighted by molar-refractivity contribution is 0.494. The number of aromatic nitrogens is 2. The SMILES string of the molecule is O=c1c(Br)cncn1Cc1cccc(F)c1F. The molecule has 0 aliphatic carbocycles. The average molecular weight is 301 g/mol. The maximum Gasteiger partial charge on any atom is 0.267 e. The zero-order valence-electron chi connectivity index (χ0n) is 8.53. The van der Waals surface area contributed by atoms with Crippen LogP contribution in [0.1, 0.15) is 5.56 Å². The quantitative estimate of drug-likeness (QED) is 0.853. The molecule has 2 aromatic rings. The monoisotopic (exact) mass is 300 g/mol. The molecule has 0 fully saturated rings. The number of benzene rings is 1. The van der Waals surface area contributed by atoms with Gasteiger partial charge in [0.15, 0.2) is 11.6 Å². The molecular formula is C11H7BrF2N2O. The topological polar surface area (TPSA) is 34.9 Å². The van der Waals surface area contributed by atoms with Crippen LogP contribution in [0.4, 0.5) is 8.78 Å². The Morgan fingerprint density at radius 2 is 2.12 bits per heavy atom. The van der Waals surface area contributed by atoms with E-state index in [2.05, 4.69) is 20.9 Å². The molecule has 0 saturated heterocycles. The number of nitrogens with zero attached hydrogens (tertiary/aromatic N) is 2. The van der Waals surface area contributed by atoms with Crippen molar-refractivity contribution < 1.29 is 8.78 Å². The van der Waals surface area contributed by atoms with E-state index in [-0.39, 0.29) is 22.1 Å². The molecule has 17 heavy (non-hydrogen) atoms. The van der Waals surface area contributed by atoms with Gasteiger partial charge in [-0.2, -0.15) is 0 Å². The van der Waals surface area contributed by atoms with Crippen molar-refractivity contribution >= 4 is 15.9 Å². The first-order valence-corrected chi connectivity index (χ1v) is 5.51. The Labute approximate surface area is 104 Å². The second-order valence-electron chi connectivity index (χ2n) is 3.39. The van der Waals surface area contributed by atoms with Gasteiger partial charge in [-0.15, -0.1) is 0 Å². The molecule has 1 heterocycles. The second-order valence-corrected chi connectivity index (χ2v) is 4.24. The third kappa shape index (κ3) is 2.41. The zero-order chi connectivity index (χ0) is 12.4. The summed E-state index contributed by atoms with van der Waals surface area (Å²) in [6.07, 6.45) is 2.62. The van der Waals surface area contributed by atoms with Crippen LogP contribution in [-0.2, 0) is 6.54 Å². The van der Waals surface area contributed by atoms with E-state index < -0.39 is 11.6 Å². The normalized spacial score (nSPS) is 10.5. The van der Waals surface area contributed by atoms with Gasteiger partial charge in [0.25, 0.3) is 5.56 Å². The lowest BCUT2D eigenvalue weighted by Crippen LogP contribution is -2.21. The molecule has 0 radical (unpaired) electrons. The van der Waals surface area contributed by atoms with Crippen molar-refractivity contribution in [2.24, 2.45) is 0 Å². The smallest absolute Gasteiger partial charge is 0.267 e. The number of hydrogen-bond donors (Lipinski definition) is 0. The molecule has 0 bridgehead atoms. The summed E-state index contributed by atoms with van der Waals surface area (Å²) < 4.78 is 27.8. The highest BCUT2D eigenvalue weighted by Crippen LogP contribution is 2.12. The van der Waals surface area contributed by atoms with Gasteiger partial charge in [-0.1, -0.05) is 12.1 Å². The lowest BCUT2D eigenvalue weighted by Gasteiger charge is -2.06. The van der Waals surface area contributed by atoms with Crippen molar-refractivity contribution in [3.63, 3.8) is 0 Å². The summed E-state index contributed by atoms with van der Waals surface area (Å²) in [7, 11) is 0. The third-order valence-electron chi connectivity index (χ3n) is 2.23. The molecular weight excluding hydrogens is 294 g/mol. The lowest BCUT2D eigenvalue weighted by atomic mass is 10.2. The number of rotatable bonds is 2. The summed E-state index contributed by atoms with van der Waals surface area (Å²) in [6, 6.07) is 3.84. The first kappa shape index (κ1) is 11.9. The highest BCUT2D eigenvalue weighted by Gasteiger charge is 2.09. The van der Waals surface area contributed by atoms with Gasteiger partial charge in [-0.3, -0.25) is 9.36 Å². The average Bonchev–Trinajstić information content (AvgIpc) is 2.31. The molecule has 6 heteroatoms. The Balaban J connectivity index is 2.42. The number of halogens is 3. The predicted molar refractivity (Wildman–Crippen MR) is 61.7 cm³/mol. The summed E-state index contributed by atoms with van der Waals surface area (Å²) in [5.74, 6) is -1.88. The van der Waals surface area contributed by atoms with E-state index in [0.29, 0.717) is 0 Å². The maximum atomic E-state index is 13.4. The van der Waals surface area contributed by atoms with Crippen LogP contribution in [-0.4, -0.2) is 9.55 Å². The van der Waals surface area contributed by atoms with E-state index in [1.807, 2.05) is 0 Å². The molecule has 1 aromatic heterocycles. The fourth-order valence-corrected chi connectivity index (χ4v) is 1.74. The number of hydrogen-bond acceptors (Lipinski definition) is 2. The minimum atomic E-state index is -0.945. The first-order valence-electron chi connectivity index (χ1n) is 4.72. The summed E-state index contributed by atoms with van der Waals surface area (Å²) >= 11 is 3.03. The molecule has 0 saturated carbocycles. The van der Waals surface area contributed by atoms with E-state index >= 15 is 0 Å². The van der Waals surface area contributed by atoms with E-state index in [0.717, 1.165) is 6.07 Å². The van der Waals surface area contributed by atoms with Crippen LogP contribution in [0.2, 0.25) is 0 Å². The van der Waals surface area contributed by atoms with Gasteiger partial charge in [0.05, 0.1) is 12.9 Å². The van der Waals surface area contributed by atoms with Crippen LogP contribution in [0.15, 0.2) is 40.0 Å². The Hall–Kier alpha value is -1.56.